The van der Waals surface area contributed by atoms with E-state index in [-0.39, 0.29) is 22.9 Å². The van der Waals surface area contributed by atoms with Crippen LogP contribution in [0.3, 0.4) is 0 Å². The highest BCUT2D eigenvalue weighted by Gasteiger charge is 2.44. The molecule has 1 amide bonds. The molecule has 3 aliphatic heterocycles. The average molecular weight is 437 g/mol. The fraction of sp³-hybridized carbons (Fsp3) is 0.435. The molecule has 1 aromatic heterocycles. The maximum Gasteiger partial charge on any atom is 0.261 e. The van der Waals surface area contributed by atoms with E-state index in [1.807, 2.05) is 6.07 Å². The molecule has 168 valence electrons. The molecule has 1 spiro atoms. The summed E-state index contributed by atoms with van der Waals surface area (Å²) < 4.78 is 12.0. The molecule has 0 bridgehead atoms. The maximum atomic E-state index is 13.2. The molecule has 32 heavy (non-hydrogen) atoms. The first-order valence-corrected chi connectivity index (χ1v) is 10.9. The Labute approximate surface area is 187 Å². The Morgan fingerprint density at radius 1 is 1.22 bits per heavy atom. The van der Waals surface area contributed by atoms with Gasteiger partial charge in [0.1, 0.15) is 11.4 Å². The van der Waals surface area contributed by atoms with Gasteiger partial charge in [-0.3, -0.25) is 4.79 Å². The van der Waals surface area contributed by atoms with E-state index in [0.29, 0.717) is 13.2 Å². The molecule has 5 rings (SSSR count). The first-order valence-electron chi connectivity index (χ1n) is 10.9. The summed E-state index contributed by atoms with van der Waals surface area (Å²) in [7, 11) is 2.12. The molecule has 9 nitrogen and oxygen atoms in total. The Hall–Kier alpha value is -3.17. The number of likely N-dealkylation sites (tertiary alicyclic amines) is 1. The largest absolute Gasteiger partial charge is 0.485 e. The lowest BCUT2D eigenvalue weighted by Crippen LogP contribution is -2.37. The summed E-state index contributed by atoms with van der Waals surface area (Å²) in [5.41, 5.74) is 8.59. The molecule has 0 aliphatic carbocycles. The number of hydrogen-bond acceptors (Lipinski definition) is 8. The van der Waals surface area contributed by atoms with E-state index in [2.05, 4.69) is 38.2 Å². The highest BCUT2D eigenvalue weighted by atomic mass is 16.5. The normalized spacial score (nSPS) is 23.3. The zero-order valence-corrected chi connectivity index (χ0v) is 18.2. The summed E-state index contributed by atoms with van der Waals surface area (Å²) in [6.45, 7) is 4.71. The second-order valence-corrected chi connectivity index (χ2v) is 8.63. The molecule has 9 heteroatoms. The van der Waals surface area contributed by atoms with Crippen LogP contribution >= 0.6 is 0 Å². The number of morpholine rings is 1. The number of likely N-dealkylation sites (N-methyl/N-ethyl adjacent to an activating group) is 1. The Balaban J connectivity index is 1.47. The van der Waals surface area contributed by atoms with E-state index in [9.17, 15) is 4.79 Å². The van der Waals surface area contributed by atoms with Crippen LogP contribution in [-0.4, -0.2) is 72.8 Å². The van der Waals surface area contributed by atoms with Crippen LogP contribution in [0, 0.1) is 0 Å². The van der Waals surface area contributed by atoms with Crippen LogP contribution in [0.5, 0.6) is 5.75 Å². The van der Waals surface area contributed by atoms with Crippen molar-refractivity contribution in [1.82, 2.24) is 14.9 Å². The summed E-state index contributed by atoms with van der Waals surface area (Å²) >= 11 is 0. The average Bonchev–Trinajstić information content (AvgIpc) is 3.35. The number of nitrogens with one attached hydrogen (secondary N) is 1. The third kappa shape index (κ3) is 3.89. The van der Waals surface area contributed by atoms with Crippen LogP contribution in [0.4, 0.5) is 11.4 Å². The van der Waals surface area contributed by atoms with Crippen molar-refractivity contribution in [3.05, 3.63) is 48.2 Å². The van der Waals surface area contributed by atoms with Crippen LogP contribution < -0.4 is 20.7 Å². The third-order valence-corrected chi connectivity index (χ3v) is 6.34. The zero-order chi connectivity index (χ0) is 22.1. The molecule has 0 radical (unpaired) electrons. The zero-order valence-electron chi connectivity index (χ0n) is 18.2. The number of carbonyl (C=O) groups excluding carboxylic acids is 1. The molecular weight excluding hydrogens is 408 g/mol. The van der Waals surface area contributed by atoms with Gasteiger partial charge < -0.3 is 30.3 Å². The summed E-state index contributed by atoms with van der Waals surface area (Å²) in [6, 6.07) is 5.81. The standard InChI is InChI=1S/C23H28N6O3/c1-28-6-3-23(15-28)13-16-11-18(19(12-20(16)32-23)29-7-9-31-10-8-29)27-22(30)17(14-24)21-25-4-2-5-26-21/h2,4-5,11-12,14H,3,6-10,13,15,24H2,1H3,(H,27,30)/t23-/m1/s1. The highest BCUT2D eigenvalue weighted by molar-refractivity contribution is 6.24. The van der Waals surface area contributed by atoms with E-state index in [4.69, 9.17) is 15.2 Å². The molecule has 1 aromatic carbocycles. The lowest BCUT2D eigenvalue weighted by atomic mass is 9.96. The van der Waals surface area contributed by atoms with Crippen molar-refractivity contribution in [2.24, 2.45) is 5.73 Å². The van der Waals surface area contributed by atoms with Crippen molar-refractivity contribution >= 4 is 22.9 Å². The number of carbonyl (C=O) groups is 1. The smallest absolute Gasteiger partial charge is 0.261 e. The van der Waals surface area contributed by atoms with Gasteiger partial charge in [-0.05, 0) is 19.2 Å². The molecule has 0 unspecified atom stereocenters. The fourth-order valence-electron chi connectivity index (χ4n) is 4.78. The molecule has 2 fully saturated rings. The lowest BCUT2D eigenvalue weighted by Gasteiger charge is -2.31. The van der Waals surface area contributed by atoms with Gasteiger partial charge in [0.25, 0.3) is 5.91 Å². The van der Waals surface area contributed by atoms with Crippen molar-refractivity contribution in [1.29, 1.82) is 0 Å². The van der Waals surface area contributed by atoms with Crippen LogP contribution in [0.2, 0.25) is 0 Å². The van der Waals surface area contributed by atoms with Crippen molar-refractivity contribution in [2.45, 2.75) is 18.4 Å². The Morgan fingerprint density at radius 2 is 2.00 bits per heavy atom. The molecule has 2 aromatic rings. The minimum absolute atomic E-state index is 0.178. The number of aromatic nitrogens is 2. The molecule has 4 heterocycles. The number of ether oxygens (including phenoxy) is 2. The predicted molar refractivity (Wildman–Crippen MR) is 121 cm³/mol. The first-order chi connectivity index (χ1) is 15.6. The van der Waals surface area contributed by atoms with Crippen molar-refractivity contribution in [3.8, 4) is 5.75 Å². The Kier molecular flexibility index (Phi) is 5.44. The molecule has 1 atom stereocenters. The molecule has 3 aliphatic rings. The number of nitrogens with two attached hydrogens (primary N) is 1. The summed E-state index contributed by atoms with van der Waals surface area (Å²) in [5.74, 6) is 0.848. The van der Waals surface area contributed by atoms with Gasteiger partial charge in [-0.1, -0.05) is 0 Å². The van der Waals surface area contributed by atoms with E-state index < -0.39 is 0 Å². The van der Waals surface area contributed by atoms with Gasteiger partial charge in [-0.15, -0.1) is 0 Å². The molecule has 0 saturated carbocycles. The highest BCUT2D eigenvalue weighted by Crippen LogP contribution is 2.45. The van der Waals surface area contributed by atoms with Crippen LogP contribution in [-0.2, 0) is 16.0 Å². The van der Waals surface area contributed by atoms with Gasteiger partial charge in [0.2, 0.25) is 0 Å². The fourth-order valence-corrected chi connectivity index (χ4v) is 4.78. The van der Waals surface area contributed by atoms with Gasteiger partial charge in [0.15, 0.2) is 5.82 Å². The quantitative estimate of drug-likeness (QED) is 0.690. The van der Waals surface area contributed by atoms with Gasteiger partial charge in [0, 0.05) is 69.2 Å². The van der Waals surface area contributed by atoms with Gasteiger partial charge in [0.05, 0.1) is 30.2 Å². The van der Waals surface area contributed by atoms with Crippen LogP contribution in [0.1, 0.15) is 17.8 Å². The van der Waals surface area contributed by atoms with Gasteiger partial charge >= 0.3 is 0 Å². The monoisotopic (exact) mass is 436 g/mol. The maximum absolute atomic E-state index is 13.2. The van der Waals surface area contributed by atoms with Crippen LogP contribution in [0.25, 0.3) is 5.57 Å². The number of amides is 1. The van der Waals surface area contributed by atoms with E-state index in [1.165, 1.54) is 6.20 Å². The SMILES string of the molecule is CN1CC[C@@]2(Cc3cc(NC(=O)C(=CN)c4ncccn4)c(N4CCOCC4)cc3O2)C1. The first kappa shape index (κ1) is 20.7. The summed E-state index contributed by atoms with van der Waals surface area (Å²) in [6.07, 6.45) is 6.25. The summed E-state index contributed by atoms with van der Waals surface area (Å²) in [5, 5.41) is 3.06. The minimum Gasteiger partial charge on any atom is -0.485 e. The number of hydrogen-bond donors (Lipinski definition) is 2. The van der Waals surface area contributed by atoms with Gasteiger partial charge in [-0.2, -0.15) is 0 Å². The minimum atomic E-state index is -0.345. The summed E-state index contributed by atoms with van der Waals surface area (Å²) in [4.78, 5) is 26.0. The van der Waals surface area contributed by atoms with E-state index >= 15 is 0 Å². The van der Waals surface area contributed by atoms with Crippen LogP contribution in [0.15, 0.2) is 36.8 Å². The van der Waals surface area contributed by atoms with Crippen molar-refractivity contribution < 1.29 is 14.3 Å². The number of fused-ring (bicyclic) bond motifs is 1. The Bertz CT molecular complexity index is 1040. The van der Waals surface area contributed by atoms with E-state index in [1.54, 1.807) is 18.5 Å². The number of anilines is 2. The van der Waals surface area contributed by atoms with Crippen molar-refractivity contribution in [2.75, 3.05) is 56.7 Å². The molecular formula is C23H28N6O3. The number of rotatable bonds is 4. The number of nitrogens with zero attached hydrogens (tertiary/aromatic N) is 4. The molecule has 3 N–H and O–H groups in total. The second-order valence-electron chi connectivity index (χ2n) is 8.63. The Morgan fingerprint density at radius 3 is 2.69 bits per heavy atom. The number of benzene rings is 1. The van der Waals surface area contributed by atoms with E-state index in [0.717, 1.165) is 61.7 Å². The van der Waals surface area contributed by atoms with Gasteiger partial charge in [-0.25, -0.2) is 9.97 Å². The molecule has 2 saturated heterocycles. The third-order valence-electron chi connectivity index (χ3n) is 6.34. The topological polar surface area (TPSA) is 106 Å². The second kappa shape index (κ2) is 8.40. The van der Waals surface area contributed by atoms with Crippen molar-refractivity contribution in [3.63, 3.8) is 0 Å². The predicted octanol–water partition coefficient (Wildman–Crippen LogP) is 1.26. The lowest BCUT2D eigenvalue weighted by molar-refractivity contribution is -0.111.